The Hall–Kier alpha value is -4.21. The van der Waals surface area contributed by atoms with Gasteiger partial charge < -0.3 is 34.6 Å². The molecule has 2 aliphatic rings. The number of carbonyl (C=O) groups is 2. The van der Waals surface area contributed by atoms with Crippen molar-refractivity contribution in [3.05, 3.63) is 65.1 Å². The molecular weight excluding hydrogens is 602 g/mol. The third kappa shape index (κ3) is 7.90. The predicted octanol–water partition coefficient (Wildman–Crippen LogP) is 3.52. The molecule has 45 heavy (non-hydrogen) atoms. The number of oxazole rings is 1. The summed E-state index contributed by atoms with van der Waals surface area (Å²) in [5.74, 6) is -2.14. The Labute approximate surface area is 256 Å². The van der Waals surface area contributed by atoms with Crippen LogP contribution in [-0.4, -0.2) is 79.3 Å². The highest BCUT2D eigenvalue weighted by Crippen LogP contribution is 2.37. The topological polar surface area (TPSA) is 132 Å². The van der Waals surface area contributed by atoms with E-state index in [1.54, 1.807) is 4.90 Å². The first-order chi connectivity index (χ1) is 21.7. The number of amides is 2. The van der Waals surface area contributed by atoms with Crippen LogP contribution in [0.1, 0.15) is 34.7 Å². The second-order valence-electron chi connectivity index (χ2n) is 10.7. The largest absolute Gasteiger partial charge is 0.489 e. The number of nitrogens with one attached hydrogen (secondary N) is 1. The van der Waals surface area contributed by atoms with Gasteiger partial charge in [-0.2, -0.15) is 8.78 Å². The first kappa shape index (κ1) is 32.2. The lowest BCUT2D eigenvalue weighted by molar-refractivity contribution is -0.131. The maximum atomic E-state index is 14.1. The summed E-state index contributed by atoms with van der Waals surface area (Å²) in [5, 5.41) is 2.65. The van der Waals surface area contributed by atoms with E-state index in [1.165, 1.54) is 36.3 Å². The summed E-state index contributed by atoms with van der Waals surface area (Å²) in [4.78, 5) is 34.5. The van der Waals surface area contributed by atoms with Gasteiger partial charge in [0.2, 0.25) is 11.8 Å². The average molecular weight is 636 g/mol. The molecule has 2 fully saturated rings. The summed E-state index contributed by atoms with van der Waals surface area (Å²) >= 11 is 0. The first-order valence-electron chi connectivity index (χ1n) is 14.3. The number of hydrogen-bond donors (Lipinski definition) is 2. The van der Waals surface area contributed by atoms with Crippen LogP contribution in [-0.2, 0) is 22.6 Å². The normalized spacial score (nSPS) is 17.0. The number of aromatic nitrogens is 1. The fourth-order valence-electron chi connectivity index (χ4n) is 4.91. The number of nitrogens with two attached hydrogens (primary N) is 1. The molecule has 1 saturated carbocycles. The van der Waals surface area contributed by atoms with Gasteiger partial charge in [-0.3, -0.25) is 14.5 Å². The molecule has 2 amide bonds. The van der Waals surface area contributed by atoms with E-state index in [4.69, 9.17) is 19.6 Å². The smallest absolute Gasteiger partial charge is 0.387 e. The summed E-state index contributed by atoms with van der Waals surface area (Å²) < 4.78 is 74.7. The molecule has 5 rings (SSSR count). The molecule has 2 heterocycles. The van der Waals surface area contributed by atoms with Crippen LogP contribution < -0.4 is 20.5 Å². The molecule has 0 bridgehead atoms. The van der Waals surface area contributed by atoms with Crippen LogP contribution in [0.5, 0.6) is 11.5 Å². The summed E-state index contributed by atoms with van der Waals surface area (Å²) in [6, 6.07) is 6.43. The van der Waals surface area contributed by atoms with E-state index >= 15 is 0 Å². The van der Waals surface area contributed by atoms with Gasteiger partial charge in [0.1, 0.15) is 17.7 Å². The zero-order valence-electron chi connectivity index (χ0n) is 24.4. The van der Waals surface area contributed by atoms with E-state index in [0.717, 1.165) is 25.0 Å². The van der Waals surface area contributed by atoms with Crippen LogP contribution >= 0.6 is 0 Å². The molecule has 1 aromatic heterocycles. The van der Waals surface area contributed by atoms with Crippen molar-refractivity contribution in [2.45, 2.75) is 38.6 Å². The summed E-state index contributed by atoms with van der Waals surface area (Å²) in [6.45, 7) is -2.50. The Kier molecular flexibility index (Phi) is 10.2. The van der Waals surface area contributed by atoms with Crippen molar-refractivity contribution in [2.75, 3.05) is 40.1 Å². The number of nitrogens with zero attached hydrogens (tertiary/aromatic N) is 3. The van der Waals surface area contributed by atoms with E-state index in [0.29, 0.717) is 18.1 Å². The Morgan fingerprint density at radius 1 is 1.13 bits per heavy atom. The average Bonchev–Trinajstić information content (AvgIpc) is 3.75. The van der Waals surface area contributed by atoms with Crippen molar-refractivity contribution in [3.8, 4) is 23.0 Å². The van der Waals surface area contributed by atoms with Crippen molar-refractivity contribution >= 4 is 11.8 Å². The second-order valence-corrected chi connectivity index (χ2v) is 10.7. The highest BCUT2D eigenvalue weighted by molar-refractivity contribution is 5.94. The van der Waals surface area contributed by atoms with Crippen LogP contribution in [0, 0.1) is 17.6 Å². The van der Waals surface area contributed by atoms with Gasteiger partial charge in [-0.05, 0) is 43.0 Å². The van der Waals surface area contributed by atoms with Crippen molar-refractivity contribution in [3.63, 3.8) is 0 Å². The number of methoxy groups -OCH3 is 1. The molecule has 11 nitrogen and oxygen atoms in total. The second kappa shape index (κ2) is 14.3. The third-order valence-electron chi connectivity index (χ3n) is 7.51. The van der Waals surface area contributed by atoms with Crippen LogP contribution in [0.25, 0.3) is 11.5 Å². The highest BCUT2D eigenvalue weighted by atomic mass is 19.3. The molecule has 1 atom stereocenters. The lowest BCUT2D eigenvalue weighted by atomic mass is 10.1. The number of benzene rings is 2. The molecule has 2 aromatic carbocycles. The number of piperazine rings is 1. The summed E-state index contributed by atoms with van der Waals surface area (Å²) in [5.41, 5.74) is 6.28. The number of ether oxygens (including phenoxy) is 3. The van der Waals surface area contributed by atoms with Crippen LogP contribution in [0.15, 0.2) is 40.8 Å². The minimum Gasteiger partial charge on any atom is -0.489 e. The molecule has 0 spiro atoms. The monoisotopic (exact) mass is 635 g/mol. The molecule has 3 N–H and O–H groups in total. The van der Waals surface area contributed by atoms with E-state index in [1.807, 2.05) is 0 Å². The quantitative estimate of drug-likeness (QED) is 0.271. The maximum absolute atomic E-state index is 14.1. The minimum absolute atomic E-state index is 0.0207. The Balaban J connectivity index is 1.33. The molecule has 242 valence electrons. The lowest BCUT2D eigenvalue weighted by Crippen LogP contribution is -2.60. The minimum atomic E-state index is -3.05. The standard InChI is InChI=1S/C30H33F4N5O6/c1-42-16-39-9-8-38(14-22(39)27(40)36-13-19-4-6-20(31)11-21(19)32)29(41)26-25(12-35)44-28(37-26)18-5-7-23(45-30(33)34)24(10-18)43-15-17-2-3-17/h4-7,10-11,17,22,30H,2-3,8-9,12-16,35H2,1H3,(H,36,40). The molecule has 3 aromatic rings. The van der Waals surface area contributed by atoms with E-state index in [2.05, 4.69) is 15.0 Å². The molecule has 1 unspecified atom stereocenters. The Morgan fingerprint density at radius 2 is 1.93 bits per heavy atom. The van der Waals surface area contributed by atoms with Crippen LogP contribution in [0.2, 0.25) is 0 Å². The van der Waals surface area contributed by atoms with Crippen molar-refractivity contribution < 1.29 is 45.8 Å². The number of halogens is 4. The molecule has 0 radical (unpaired) electrons. The van der Waals surface area contributed by atoms with Crippen molar-refractivity contribution in [2.24, 2.45) is 11.7 Å². The zero-order valence-corrected chi connectivity index (χ0v) is 24.4. The van der Waals surface area contributed by atoms with Gasteiger partial charge in [0, 0.05) is 50.5 Å². The van der Waals surface area contributed by atoms with Crippen LogP contribution in [0.4, 0.5) is 17.6 Å². The molecule has 1 aliphatic heterocycles. The predicted molar refractivity (Wildman–Crippen MR) is 151 cm³/mol. The van der Waals surface area contributed by atoms with Gasteiger partial charge in [0.25, 0.3) is 5.91 Å². The SMILES string of the molecule is COCN1CCN(C(=O)c2nc(-c3ccc(OC(F)F)c(OCC4CC4)c3)oc2CN)CC1C(=O)NCc1ccc(F)cc1F. The van der Waals surface area contributed by atoms with Crippen molar-refractivity contribution in [1.82, 2.24) is 20.1 Å². The fraction of sp³-hybridized carbons (Fsp3) is 0.433. The van der Waals surface area contributed by atoms with Gasteiger partial charge in [-0.25, -0.2) is 13.8 Å². The molecule has 1 aliphatic carbocycles. The van der Waals surface area contributed by atoms with Crippen molar-refractivity contribution in [1.29, 1.82) is 0 Å². The Morgan fingerprint density at radius 3 is 2.62 bits per heavy atom. The van der Waals surface area contributed by atoms with E-state index < -0.39 is 36.1 Å². The van der Waals surface area contributed by atoms with Gasteiger partial charge in [-0.15, -0.1) is 0 Å². The van der Waals surface area contributed by atoms with Gasteiger partial charge in [0.15, 0.2) is 23.0 Å². The van der Waals surface area contributed by atoms with Gasteiger partial charge in [-0.1, -0.05) is 6.07 Å². The van der Waals surface area contributed by atoms with Crippen LogP contribution in [0.3, 0.4) is 0 Å². The number of hydrogen-bond acceptors (Lipinski definition) is 9. The first-order valence-corrected chi connectivity index (χ1v) is 14.3. The molecule has 1 saturated heterocycles. The Bertz CT molecular complexity index is 1520. The highest BCUT2D eigenvalue weighted by Gasteiger charge is 2.36. The fourth-order valence-corrected chi connectivity index (χ4v) is 4.91. The third-order valence-corrected chi connectivity index (χ3v) is 7.51. The van der Waals surface area contributed by atoms with E-state index in [9.17, 15) is 27.2 Å². The molecular formula is C30H33F4N5O6. The number of rotatable bonds is 13. The summed E-state index contributed by atoms with van der Waals surface area (Å²) in [6.07, 6.45) is 1.98. The van der Waals surface area contributed by atoms with E-state index in [-0.39, 0.29) is 73.9 Å². The van der Waals surface area contributed by atoms with Gasteiger partial charge >= 0.3 is 6.61 Å². The summed E-state index contributed by atoms with van der Waals surface area (Å²) in [7, 11) is 1.47. The number of alkyl halides is 2. The molecule has 15 heteroatoms. The zero-order chi connectivity index (χ0) is 32.1. The van der Waals surface area contributed by atoms with Gasteiger partial charge in [0.05, 0.1) is 19.9 Å². The number of carbonyl (C=O) groups excluding carboxylic acids is 2. The lowest BCUT2D eigenvalue weighted by Gasteiger charge is -2.39. The maximum Gasteiger partial charge on any atom is 0.387 e.